The highest BCUT2D eigenvalue weighted by Crippen LogP contribution is 2.35. The van der Waals surface area contributed by atoms with E-state index in [4.69, 9.17) is 4.74 Å². The van der Waals surface area contributed by atoms with Crippen molar-refractivity contribution < 1.29 is 19.0 Å². The molecule has 1 N–H and O–H groups in total. The van der Waals surface area contributed by atoms with Crippen molar-refractivity contribution in [3.05, 3.63) is 53.5 Å². The van der Waals surface area contributed by atoms with E-state index in [-0.39, 0.29) is 5.92 Å². The predicted molar refractivity (Wildman–Crippen MR) is 132 cm³/mol. The Morgan fingerprint density at radius 3 is 3.03 bits per heavy atom. The molecular formula is C25H29FN2O3S2. The number of piperidine rings is 1. The number of fused-ring (bicyclic) bond motifs is 1. The van der Waals surface area contributed by atoms with Crippen LogP contribution in [0.3, 0.4) is 0 Å². The number of pyridine rings is 1. The topological polar surface area (TPSA) is 62.7 Å². The van der Waals surface area contributed by atoms with Gasteiger partial charge in [0.25, 0.3) is 0 Å². The van der Waals surface area contributed by atoms with Gasteiger partial charge < -0.3 is 14.7 Å². The van der Waals surface area contributed by atoms with Crippen molar-refractivity contribution in [2.24, 2.45) is 11.8 Å². The Balaban J connectivity index is 1.34. The third-order valence-corrected chi connectivity index (χ3v) is 8.53. The van der Waals surface area contributed by atoms with E-state index < -0.39 is 18.1 Å². The number of carboxylic acid groups (broad SMARTS) is 1. The van der Waals surface area contributed by atoms with E-state index in [2.05, 4.69) is 21.3 Å². The number of carboxylic acids is 1. The molecule has 0 unspecified atom stereocenters. The molecule has 1 aliphatic rings. The second-order valence-electron chi connectivity index (χ2n) is 8.40. The quantitative estimate of drug-likeness (QED) is 0.358. The normalized spacial score (nSPS) is 20.1. The third-order valence-electron chi connectivity index (χ3n) is 6.41. The van der Waals surface area contributed by atoms with Gasteiger partial charge in [0, 0.05) is 30.4 Å². The van der Waals surface area contributed by atoms with Crippen molar-refractivity contribution in [2.45, 2.75) is 29.6 Å². The van der Waals surface area contributed by atoms with Gasteiger partial charge in [0.1, 0.15) is 11.9 Å². The van der Waals surface area contributed by atoms with Crippen LogP contribution in [0.2, 0.25) is 0 Å². The molecular weight excluding hydrogens is 459 g/mol. The van der Waals surface area contributed by atoms with Gasteiger partial charge in [0.2, 0.25) is 0 Å². The Morgan fingerprint density at radius 1 is 1.39 bits per heavy atom. The molecule has 0 amide bonds. The number of hydrogen-bond acceptors (Lipinski definition) is 6. The summed E-state index contributed by atoms with van der Waals surface area (Å²) in [5.41, 5.74) is 1.32. The molecule has 33 heavy (non-hydrogen) atoms. The molecule has 0 aliphatic carbocycles. The van der Waals surface area contributed by atoms with Crippen LogP contribution in [0, 0.1) is 11.8 Å². The first-order valence-electron chi connectivity index (χ1n) is 11.2. The van der Waals surface area contributed by atoms with Crippen LogP contribution in [0.25, 0.3) is 10.9 Å². The number of ether oxygens (including phenoxy) is 1. The average molecular weight is 489 g/mol. The van der Waals surface area contributed by atoms with Crippen LogP contribution in [0.1, 0.15) is 31.0 Å². The van der Waals surface area contributed by atoms with E-state index in [0.717, 1.165) is 36.2 Å². The number of hydrogen-bond donors (Lipinski definition) is 1. The van der Waals surface area contributed by atoms with E-state index >= 15 is 4.39 Å². The van der Waals surface area contributed by atoms with E-state index in [1.54, 1.807) is 30.7 Å². The fraction of sp³-hybridized carbons (Fsp3) is 0.440. The smallest absolute Gasteiger partial charge is 0.308 e. The van der Waals surface area contributed by atoms with Crippen LogP contribution in [0.5, 0.6) is 5.75 Å². The summed E-state index contributed by atoms with van der Waals surface area (Å²) in [5, 5.41) is 12.7. The molecule has 1 aromatic carbocycles. The molecule has 0 radical (unpaired) electrons. The molecule has 1 fully saturated rings. The van der Waals surface area contributed by atoms with Crippen molar-refractivity contribution in [1.82, 2.24) is 9.88 Å². The van der Waals surface area contributed by atoms with Crippen molar-refractivity contribution in [3.8, 4) is 5.75 Å². The molecule has 0 saturated carbocycles. The number of nitrogens with zero attached hydrogens (tertiary/aromatic N) is 2. The number of benzene rings is 1. The molecule has 4 rings (SSSR count). The zero-order chi connectivity index (χ0) is 23.2. The van der Waals surface area contributed by atoms with E-state index in [1.807, 2.05) is 36.0 Å². The molecule has 176 valence electrons. The molecule has 0 spiro atoms. The van der Waals surface area contributed by atoms with Crippen LogP contribution < -0.4 is 4.74 Å². The second kappa shape index (κ2) is 11.3. The largest absolute Gasteiger partial charge is 0.497 e. The third kappa shape index (κ3) is 6.05. The Kier molecular flexibility index (Phi) is 8.22. The first kappa shape index (κ1) is 24.0. The highest BCUT2D eigenvalue weighted by molar-refractivity contribution is 8.01. The number of rotatable bonds is 10. The maximum atomic E-state index is 15.3. The fourth-order valence-corrected chi connectivity index (χ4v) is 6.44. The lowest BCUT2D eigenvalue weighted by Crippen LogP contribution is -2.44. The van der Waals surface area contributed by atoms with Crippen LogP contribution in [0.15, 0.2) is 52.2 Å². The highest BCUT2D eigenvalue weighted by atomic mass is 32.2. The number of halogens is 1. The number of methoxy groups -OCH3 is 1. The molecule has 1 saturated heterocycles. The second-order valence-corrected chi connectivity index (χ2v) is 10.7. The first-order valence-corrected chi connectivity index (χ1v) is 13.1. The number of likely N-dealkylation sites (tertiary alicyclic amines) is 1. The van der Waals surface area contributed by atoms with Crippen molar-refractivity contribution in [2.75, 3.05) is 32.5 Å². The zero-order valence-electron chi connectivity index (χ0n) is 18.7. The van der Waals surface area contributed by atoms with Gasteiger partial charge in [-0.25, -0.2) is 4.39 Å². The van der Waals surface area contributed by atoms with Gasteiger partial charge >= 0.3 is 5.97 Å². The molecule has 1 aliphatic heterocycles. The molecule has 3 heterocycles. The standard InChI is InChI=1S/C25H29FN2O3S2/c1-31-18-5-7-23-20(15-18)19(8-10-27-23)22(26)6-4-17-9-11-28(16-21(17)25(29)30)12-14-33-24-3-2-13-32-24/h2-3,5,7-8,10,13,15,17,21-22H,4,6,9,11-12,14,16H2,1H3,(H,29,30)/t17-,21+,22+/m1/s1. The van der Waals surface area contributed by atoms with Crippen LogP contribution in [-0.4, -0.2) is 53.5 Å². The Bertz CT molecular complexity index is 1060. The van der Waals surface area contributed by atoms with Gasteiger partial charge in [-0.05, 0) is 73.0 Å². The van der Waals surface area contributed by atoms with Crippen LogP contribution in [-0.2, 0) is 4.79 Å². The highest BCUT2D eigenvalue weighted by Gasteiger charge is 2.34. The predicted octanol–water partition coefficient (Wildman–Crippen LogP) is 5.91. The van der Waals surface area contributed by atoms with E-state index in [0.29, 0.717) is 30.7 Å². The molecule has 0 bridgehead atoms. The number of carbonyl (C=O) groups is 1. The Hall–Kier alpha value is -2.16. The number of aliphatic carboxylic acids is 1. The number of thioether (sulfide) groups is 1. The van der Waals surface area contributed by atoms with Crippen molar-refractivity contribution in [3.63, 3.8) is 0 Å². The number of thiophene rings is 1. The Labute approximate surface area is 202 Å². The average Bonchev–Trinajstić information content (AvgIpc) is 3.35. The maximum absolute atomic E-state index is 15.3. The molecule has 2 aromatic heterocycles. The summed E-state index contributed by atoms with van der Waals surface area (Å²) in [6.07, 6.45) is 2.11. The minimum absolute atomic E-state index is 0.00964. The summed E-state index contributed by atoms with van der Waals surface area (Å²) in [6.45, 7) is 2.28. The molecule has 5 nitrogen and oxygen atoms in total. The van der Waals surface area contributed by atoms with E-state index in [9.17, 15) is 9.90 Å². The van der Waals surface area contributed by atoms with Crippen molar-refractivity contribution >= 4 is 40.0 Å². The summed E-state index contributed by atoms with van der Waals surface area (Å²) < 4.78 is 21.9. The van der Waals surface area contributed by atoms with Gasteiger partial charge in [-0.1, -0.05) is 6.07 Å². The van der Waals surface area contributed by atoms with Gasteiger partial charge in [-0.3, -0.25) is 9.78 Å². The molecule has 8 heteroatoms. The lowest BCUT2D eigenvalue weighted by molar-refractivity contribution is -0.146. The lowest BCUT2D eigenvalue weighted by Gasteiger charge is -2.36. The Morgan fingerprint density at radius 2 is 2.27 bits per heavy atom. The monoisotopic (exact) mass is 488 g/mol. The van der Waals surface area contributed by atoms with Crippen molar-refractivity contribution in [1.29, 1.82) is 0 Å². The lowest BCUT2D eigenvalue weighted by atomic mass is 9.81. The minimum atomic E-state index is -1.17. The van der Waals surface area contributed by atoms with Gasteiger partial charge in [-0.15, -0.1) is 23.1 Å². The van der Waals surface area contributed by atoms with Crippen LogP contribution in [0.4, 0.5) is 4.39 Å². The summed E-state index contributed by atoms with van der Waals surface area (Å²) in [5.74, 6) is 0.379. The summed E-state index contributed by atoms with van der Waals surface area (Å²) >= 11 is 3.54. The van der Waals surface area contributed by atoms with Gasteiger partial charge in [0.05, 0.1) is 22.8 Å². The minimum Gasteiger partial charge on any atom is -0.497 e. The summed E-state index contributed by atoms with van der Waals surface area (Å²) in [4.78, 5) is 18.6. The first-order chi connectivity index (χ1) is 16.0. The zero-order valence-corrected chi connectivity index (χ0v) is 20.3. The fourth-order valence-electron chi connectivity index (χ4n) is 4.58. The number of alkyl halides is 1. The number of aromatic nitrogens is 1. The van der Waals surface area contributed by atoms with Crippen LogP contribution >= 0.6 is 23.1 Å². The summed E-state index contributed by atoms with van der Waals surface area (Å²) in [7, 11) is 1.59. The SMILES string of the molecule is COc1ccc2nccc([C@@H](F)CC[C@@H]3CCN(CCSc4cccs4)C[C@@H]3C(=O)O)c2c1. The van der Waals surface area contributed by atoms with Gasteiger partial charge in [-0.2, -0.15) is 0 Å². The maximum Gasteiger partial charge on any atom is 0.308 e. The van der Waals surface area contributed by atoms with E-state index in [1.165, 1.54) is 4.21 Å². The molecule has 3 aromatic rings. The van der Waals surface area contributed by atoms with Gasteiger partial charge in [0.15, 0.2) is 0 Å². The summed E-state index contributed by atoms with van der Waals surface area (Å²) in [6, 6.07) is 11.3. The molecule has 3 atom stereocenters.